The summed E-state index contributed by atoms with van der Waals surface area (Å²) < 4.78 is 26.4. The maximum atomic E-state index is 13.3. The van der Waals surface area contributed by atoms with Crippen LogP contribution in [0.4, 0.5) is 20.2 Å². The Labute approximate surface area is 196 Å². The van der Waals surface area contributed by atoms with Crippen molar-refractivity contribution >= 4 is 40.0 Å². The molecule has 1 aliphatic heterocycles. The van der Waals surface area contributed by atoms with Crippen molar-refractivity contribution in [2.24, 2.45) is 0 Å². The van der Waals surface area contributed by atoms with Gasteiger partial charge in [-0.15, -0.1) is 11.3 Å². The molecule has 8 heteroatoms. The Bertz CT molecular complexity index is 1000. The van der Waals surface area contributed by atoms with Crippen molar-refractivity contribution in [1.82, 2.24) is 10.2 Å². The van der Waals surface area contributed by atoms with Crippen molar-refractivity contribution in [3.63, 3.8) is 0 Å². The molecule has 1 aliphatic rings. The SMILES string of the molecule is C[C@@H](NC(=S)Nc1ccc(F)cc1)[C@H](c1cccs1)N1CCN(c2ccc(F)cc2)CC1. The van der Waals surface area contributed by atoms with E-state index in [2.05, 4.69) is 44.9 Å². The summed E-state index contributed by atoms with van der Waals surface area (Å²) in [5.74, 6) is -0.490. The molecule has 1 saturated heterocycles. The number of hydrogen-bond acceptors (Lipinski definition) is 4. The number of piperazine rings is 1. The van der Waals surface area contributed by atoms with E-state index in [0.29, 0.717) is 5.11 Å². The van der Waals surface area contributed by atoms with E-state index in [1.165, 1.54) is 29.1 Å². The smallest absolute Gasteiger partial charge is 0.171 e. The Hall–Kier alpha value is -2.55. The number of rotatable bonds is 6. The lowest BCUT2D eigenvalue weighted by Crippen LogP contribution is -2.52. The van der Waals surface area contributed by atoms with Crippen LogP contribution in [-0.2, 0) is 0 Å². The Balaban J connectivity index is 1.40. The zero-order valence-electron chi connectivity index (χ0n) is 17.8. The lowest BCUT2D eigenvalue weighted by atomic mass is 10.0. The summed E-state index contributed by atoms with van der Waals surface area (Å²) >= 11 is 7.26. The first-order valence-corrected chi connectivity index (χ1v) is 11.9. The van der Waals surface area contributed by atoms with Gasteiger partial charge in [0.25, 0.3) is 0 Å². The molecule has 4 rings (SSSR count). The highest BCUT2D eigenvalue weighted by Gasteiger charge is 2.30. The molecule has 2 heterocycles. The summed E-state index contributed by atoms with van der Waals surface area (Å²) in [6.45, 7) is 5.67. The average Bonchev–Trinajstić information content (AvgIpc) is 3.31. The van der Waals surface area contributed by atoms with Crippen molar-refractivity contribution in [1.29, 1.82) is 0 Å². The third-order valence-corrected chi connectivity index (χ3v) is 6.83. The highest BCUT2D eigenvalue weighted by molar-refractivity contribution is 7.80. The molecule has 32 heavy (non-hydrogen) atoms. The van der Waals surface area contributed by atoms with E-state index in [0.717, 1.165) is 37.6 Å². The van der Waals surface area contributed by atoms with Crippen molar-refractivity contribution < 1.29 is 8.78 Å². The topological polar surface area (TPSA) is 30.5 Å². The minimum Gasteiger partial charge on any atom is -0.369 e. The van der Waals surface area contributed by atoms with Crippen molar-refractivity contribution in [3.8, 4) is 0 Å². The fraction of sp³-hybridized carbons (Fsp3) is 0.292. The summed E-state index contributed by atoms with van der Waals surface area (Å²) in [7, 11) is 0. The van der Waals surface area contributed by atoms with Crippen LogP contribution in [0.1, 0.15) is 17.8 Å². The minimum atomic E-state index is -0.277. The molecule has 0 bridgehead atoms. The van der Waals surface area contributed by atoms with Gasteiger partial charge >= 0.3 is 0 Å². The zero-order chi connectivity index (χ0) is 22.5. The van der Waals surface area contributed by atoms with Crippen molar-refractivity contribution in [3.05, 3.63) is 82.6 Å². The first-order chi connectivity index (χ1) is 15.5. The average molecular weight is 473 g/mol. The van der Waals surface area contributed by atoms with Gasteiger partial charge in [-0.1, -0.05) is 6.07 Å². The van der Waals surface area contributed by atoms with E-state index >= 15 is 0 Å². The van der Waals surface area contributed by atoms with E-state index in [1.54, 1.807) is 23.5 Å². The Kier molecular flexibility index (Phi) is 7.34. The van der Waals surface area contributed by atoms with E-state index in [4.69, 9.17) is 12.2 Å². The molecule has 0 spiro atoms. The van der Waals surface area contributed by atoms with Crippen molar-refractivity contribution in [2.75, 3.05) is 36.4 Å². The molecule has 1 aromatic heterocycles. The Morgan fingerprint density at radius 3 is 2.16 bits per heavy atom. The minimum absolute atomic E-state index is 0.0615. The molecular formula is C24H26F2N4S2. The van der Waals surface area contributed by atoms with Gasteiger partial charge in [-0.3, -0.25) is 4.90 Å². The number of anilines is 2. The van der Waals surface area contributed by atoms with Crippen LogP contribution in [0.15, 0.2) is 66.0 Å². The maximum absolute atomic E-state index is 13.3. The lowest BCUT2D eigenvalue weighted by Gasteiger charge is -2.42. The van der Waals surface area contributed by atoms with Gasteiger partial charge in [0.2, 0.25) is 0 Å². The molecule has 0 unspecified atom stereocenters. The third kappa shape index (κ3) is 5.62. The number of benzene rings is 2. The Morgan fingerprint density at radius 2 is 1.56 bits per heavy atom. The van der Waals surface area contributed by atoms with Crippen LogP contribution in [0.2, 0.25) is 0 Å². The molecule has 0 aliphatic carbocycles. The number of thiocarbonyl (C=S) groups is 1. The quantitative estimate of drug-likeness (QED) is 0.478. The van der Waals surface area contributed by atoms with Gasteiger partial charge in [0, 0.05) is 48.5 Å². The number of hydrogen-bond donors (Lipinski definition) is 2. The number of thiophene rings is 1. The number of halogens is 2. The normalized spacial score (nSPS) is 16.4. The molecule has 168 valence electrons. The summed E-state index contributed by atoms with van der Waals surface area (Å²) in [6.07, 6.45) is 0. The summed E-state index contributed by atoms with van der Waals surface area (Å²) in [6, 6.07) is 17.3. The van der Waals surface area contributed by atoms with E-state index in [9.17, 15) is 8.78 Å². The van der Waals surface area contributed by atoms with E-state index in [-0.39, 0.29) is 23.7 Å². The predicted molar refractivity (Wildman–Crippen MR) is 132 cm³/mol. The standard InChI is InChI=1S/C24H26F2N4S2/c1-17(27-24(31)28-20-8-4-18(25)5-9-20)23(22-3-2-16-32-22)30-14-12-29(13-15-30)21-10-6-19(26)7-11-21/h2-11,16-17,23H,12-15H2,1H3,(H2,27,28,31)/t17-,23-/m1/s1. The maximum Gasteiger partial charge on any atom is 0.171 e. The summed E-state index contributed by atoms with van der Waals surface area (Å²) in [5.41, 5.74) is 1.80. The van der Waals surface area contributed by atoms with E-state index < -0.39 is 0 Å². The number of nitrogens with zero attached hydrogens (tertiary/aromatic N) is 2. The van der Waals surface area contributed by atoms with Gasteiger partial charge in [0.15, 0.2) is 5.11 Å². The van der Waals surface area contributed by atoms with E-state index in [1.807, 2.05) is 12.1 Å². The van der Waals surface area contributed by atoms with Gasteiger partial charge in [0.05, 0.1) is 6.04 Å². The molecule has 1 fully saturated rings. The van der Waals surface area contributed by atoms with Gasteiger partial charge in [-0.2, -0.15) is 0 Å². The molecule has 2 N–H and O–H groups in total. The molecule has 4 nitrogen and oxygen atoms in total. The zero-order valence-corrected chi connectivity index (χ0v) is 19.4. The van der Waals surface area contributed by atoms with Crippen LogP contribution in [0.25, 0.3) is 0 Å². The van der Waals surface area contributed by atoms with Crippen LogP contribution in [0, 0.1) is 11.6 Å². The second-order valence-electron chi connectivity index (χ2n) is 7.85. The Morgan fingerprint density at radius 1 is 0.938 bits per heavy atom. The lowest BCUT2D eigenvalue weighted by molar-refractivity contribution is 0.163. The summed E-state index contributed by atoms with van der Waals surface area (Å²) in [5, 5.41) is 9.16. The summed E-state index contributed by atoms with van der Waals surface area (Å²) in [4.78, 5) is 6.05. The molecule has 2 aromatic carbocycles. The largest absolute Gasteiger partial charge is 0.369 e. The molecule has 0 radical (unpaired) electrons. The van der Waals surface area contributed by atoms with Crippen LogP contribution in [0.5, 0.6) is 0 Å². The van der Waals surface area contributed by atoms with Crippen molar-refractivity contribution in [2.45, 2.75) is 19.0 Å². The predicted octanol–water partition coefficient (Wildman–Crippen LogP) is 5.26. The first-order valence-electron chi connectivity index (χ1n) is 10.6. The number of nitrogens with one attached hydrogen (secondary N) is 2. The monoisotopic (exact) mass is 472 g/mol. The van der Waals surface area contributed by atoms with Gasteiger partial charge in [0.1, 0.15) is 11.6 Å². The van der Waals surface area contributed by atoms with Crippen LogP contribution >= 0.6 is 23.6 Å². The molecule has 2 atom stereocenters. The molecule has 0 amide bonds. The highest BCUT2D eigenvalue weighted by Crippen LogP contribution is 2.30. The van der Waals surface area contributed by atoms with Crippen LogP contribution in [-0.4, -0.2) is 42.2 Å². The third-order valence-electron chi connectivity index (χ3n) is 5.67. The van der Waals surface area contributed by atoms with Gasteiger partial charge < -0.3 is 15.5 Å². The molecule has 3 aromatic rings. The van der Waals surface area contributed by atoms with Crippen LogP contribution < -0.4 is 15.5 Å². The molecular weight excluding hydrogens is 446 g/mol. The molecule has 0 saturated carbocycles. The highest BCUT2D eigenvalue weighted by atomic mass is 32.1. The second kappa shape index (κ2) is 10.4. The second-order valence-corrected chi connectivity index (χ2v) is 9.24. The van der Waals surface area contributed by atoms with Gasteiger partial charge in [-0.25, -0.2) is 8.78 Å². The fourth-order valence-electron chi connectivity index (χ4n) is 4.10. The fourth-order valence-corrected chi connectivity index (χ4v) is 5.37. The van der Waals surface area contributed by atoms with Gasteiger partial charge in [-0.05, 0) is 79.1 Å². The first kappa shape index (κ1) is 22.6. The van der Waals surface area contributed by atoms with Crippen LogP contribution in [0.3, 0.4) is 0 Å².